The van der Waals surface area contributed by atoms with Gasteiger partial charge in [0.25, 0.3) is 0 Å². The molecule has 35 heavy (non-hydrogen) atoms. The zero-order valence-corrected chi connectivity index (χ0v) is 18.0. The average molecular weight is 495 g/mol. The largest absolute Gasteiger partial charge is 0.490 e. The number of carbonyl (C=O) groups is 1. The molecular formula is C22H18F5N5O3. The van der Waals surface area contributed by atoms with E-state index >= 15 is 0 Å². The minimum Gasteiger partial charge on any atom is -0.475 e. The first kappa shape index (κ1) is 25.3. The molecule has 2 aromatic carbocycles. The summed E-state index contributed by atoms with van der Waals surface area (Å²) in [7, 11) is 1.47. The predicted octanol–water partition coefficient (Wildman–Crippen LogP) is 4.59. The lowest BCUT2D eigenvalue weighted by atomic mass is 10.1. The molecule has 13 heteroatoms. The van der Waals surface area contributed by atoms with Gasteiger partial charge in [0.15, 0.2) is 5.82 Å². The number of H-pyrrole nitrogens is 1. The molecule has 0 amide bonds. The number of methoxy groups -OCH3 is 1. The highest BCUT2D eigenvalue weighted by Crippen LogP contribution is 2.24. The second kappa shape index (κ2) is 10.8. The van der Waals surface area contributed by atoms with Crippen LogP contribution >= 0.6 is 0 Å². The molecule has 0 fully saturated rings. The number of carboxylic acid groups (broad SMARTS) is 1. The molecule has 0 saturated heterocycles. The fourth-order valence-corrected chi connectivity index (χ4v) is 2.84. The number of nitrogens with zero attached hydrogens (tertiary/aromatic N) is 3. The van der Waals surface area contributed by atoms with Crippen LogP contribution in [0.5, 0.6) is 6.01 Å². The number of halogens is 5. The summed E-state index contributed by atoms with van der Waals surface area (Å²) >= 11 is 0. The molecule has 8 nitrogen and oxygen atoms in total. The van der Waals surface area contributed by atoms with Crippen LogP contribution in [0.2, 0.25) is 0 Å². The van der Waals surface area contributed by atoms with Gasteiger partial charge in [-0.15, -0.1) is 0 Å². The van der Waals surface area contributed by atoms with Crippen molar-refractivity contribution in [3.05, 3.63) is 65.7 Å². The van der Waals surface area contributed by atoms with Gasteiger partial charge in [-0.1, -0.05) is 12.1 Å². The summed E-state index contributed by atoms with van der Waals surface area (Å²) in [5.41, 5.74) is 2.40. The molecule has 184 valence electrons. The summed E-state index contributed by atoms with van der Waals surface area (Å²) in [4.78, 5) is 24.9. The molecule has 0 spiro atoms. The first-order valence-corrected chi connectivity index (χ1v) is 9.92. The molecule has 0 aliphatic heterocycles. The van der Waals surface area contributed by atoms with Crippen molar-refractivity contribution in [2.45, 2.75) is 12.6 Å². The van der Waals surface area contributed by atoms with Gasteiger partial charge in [-0.05, 0) is 48.4 Å². The molecule has 0 radical (unpaired) electrons. The van der Waals surface area contributed by atoms with Crippen LogP contribution in [0, 0.1) is 11.6 Å². The van der Waals surface area contributed by atoms with Crippen molar-refractivity contribution >= 4 is 22.8 Å². The van der Waals surface area contributed by atoms with Crippen molar-refractivity contribution in [1.29, 1.82) is 0 Å². The van der Waals surface area contributed by atoms with Crippen LogP contribution in [-0.4, -0.2) is 50.8 Å². The number of benzene rings is 2. The van der Waals surface area contributed by atoms with Gasteiger partial charge in [-0.25, -0.2) is 13.6 Å². The third-order valence-electron chi connectivity index (χ3n) is 4.47. The number of carboxylic acids is 1. The fraction of sp³-hybridized carbons (Fsp3) is 0.182. The standard InChI is InChI=1S/C20H17F2N5O.C2HF3O2/c1-28-20-26-18(17-11-13-10-15(22)6-7-16(13)24-17)25-19(27-20)23-9-8-12-2-4-14(21)5-3-12;3-2(4,5)1(6)7/h2-7,10-11,24H,8-9H2,1H3,(H,23,25,26,27);(H,6,7). The molecule has 0 bridgehead atoms. The van der Waals surface area contributed by atoms with Crippen molar-refractivity contribution in [3.8, 4) is 17.5 Å². The molecule has 4 rings (SSSR count). The topological polar surface area (TPSA) is 113 Å². The van der Waals surface area contributed by atoms with Gasteiger partial charge in [0, 0.05) is 17.4 Å². The molecule has 0 saturated carbocycles. The summed E-state index contributed by atoms with van der Waals surface area (Å²) in [6.07, 6.45) is -4.41. The van der Waals surface area contributed by atoms with E-state index in [4.69, 9.17) is 14.6 Å². The molecule has 0 aliphatic rings. The number of hydrogen-bond donors (Lipinski definition) is 3. The van der Waals surface area contributed by atoms with Crippen molar-refractivity contribution < 1.29 is 36.6 Å². The first-order valence-electron chi connectivity index (χ1n) is 9.92. The second-order valence-corrected chi connectivity index (χ2v) is 6.99. The number of anilines is 1. The van der Waals surface area contributed by atoms with Crippen LogP contribution in [-0.2, 0) is 11.2 Å². The van der Waals surface area contributed by atoms with Gasteiger partial charge in [0.2, 0.25) is 5.95 Å². The minimum atomic E-state index is -5.08. The number of hydrogen-bond acceptors (Lipinski definition) is 6. The first-order chi connectivity index (χ1) is 16.5. The van der Waals surface area contributed by atoms with Gasteiger partial charge >= 0.3 is 18.2 Å². The Balaban J connectivity index is 0.000000429. The predicted molar refractivity (Wildman–Crippen MR) is 116 cm³/mol. The Labute approximate surface area is 194 Å². The van der Waals surface area contributed by atoms with Crippen LogP contribution in [0.25, 0.3) is 22.4 Å². The van der Waals surface area contributed by atoms with Crippen molar-refractivity contribution in [2.75, 3.05) is 19.0 Å². The van der Waals surface area contributed by atoms with E-state index in [0.29, 0.717) is 30.4 Å². The van der Waals surface area contributed by atoms with Crippen LogP contribution < -0.4 is 10.1 Å². The number of aromatic amines is 1. The summed E-state index contributed by atoms with van der Waals surface area (Å²) in [5, 5.41) is 11.0. The van der Waals surface area contributed by atoms with Gasteiger partial charge in [-0.3, -0.25) is 0 Å². The molecule has 0 atom stereocenters. The molecule has 4 aromatic rings. The Morgan fingerprint density at radius 3 is 2.31 bits per heavy atom. The summed E-state index contributed by atoms with van der Waals surface area (Å²) in [6.45, 7) is 0.552. The molecular weight excluding hydrogens is 477 g/mol. The smallest absolute Gasteiger partial charge is 0.475 e. The molecule has 0 unspecified atom stereocenters. The lowest BCUT2D eigenvalue weighted by Gasteiger charge is -2.08. The number of nitrogens with one attached hydrogen (secondary N) is 2. The van der Waals surface area contributed by atoms with Crippen molar-refractivity contribution in [1.82, 2.24) is 19.9 Å². The van der Waals surface area contributed by atoms with E-state index in [2.05, 4.69) is 25.3 Å². The minimum absolute atomic E-state index is 0.166. The SMILES string of the molecule is COc1nc(NCCc2ccc(F)cc2)nc(-c2cc3cc(F)ccc3[nH]2)n1.O=C(O)C(F)(F)F. The summed E-state index contributed by atoms with van der Waals surface area (Å²) in [5.74, 6) is -2.59. The van der Waals surface area contributed by atoms with Gasteiger partial charge < -0.3 is 20.1 Å². The van der Waals surface area contributed by atoms with Crippen LogP contribution in [0.3, 0.4) is 0 Å². The normalized spacial score (nSPS) is 11.0. The Kier molecular flexibility index (Phi) is 7.79. The number of rotatable bonds is 6. The molecule has 2 aromatic heterocycles. The average Bonchev–Trinajstić information content (AvgIpc) is 3.23. The molecule has 2 heterocycles. The highest BCUT2D eigenvalue weighted by atomic mass is 19.4. The van der Waals surface area contributed by atoms with Gasteiger partial charge in [0.05, 0.1) is 12.8 Å². The summed E-state index contributed by atoms with van der Waals surface area (Å²) < 4.78 is 63.3. The quantitative estimate of drug-likeness (QED) is 0.335. The molecule has 0 aliphatic carbocycles. The maximum Gasteiger partial charge on any atom is 0.490 e. The zero-order chi connectivity index (χ0) is 25.6. The monoisotopic (exact) mass is 495 g/mol. The van der Waals surface area contributed by atoms with E-state index in [1.54, 1.807) is 24.3 Å². The second-order valence-electron chi connectivity index (χ2n) is 6.99. The Morgan fingerprint density at radius 2 is 1.69 bits per heavy atom. The highest BCUT2D eigenvalue weighted by molar-refractivity contribution is 5.84. The number of aromatic nitrogens is 4. The third-order valence-corrected chi connectivity index (χ3v) is 4.47. The number of fused-ring (bicyclic) bond motifs is 1. The van der Waals surface area contributed by atoms with Crippen LogP contribution in [0.1, 0.15) is 5.56 Å². The maximum absolute atomic E-state index is 13.4. The number of aliphatic carboxylic acids is 1. The van der Waals surface area contributed by atoms with Crippen molar-refractivity contribution in [3.63, 3.8) is 0 Å². The lowest BCUT2D eigenvalue weighted by Crippen LogP contribution is -2.21. The highest BCUT2D eigenvalue weighted by Gasteiger charge is 2.38. The third kappa shape index (κ3) is 7.09. The van der Waals surface area contributed by atoms with Crippen LogP contribution in [0.15, 0.2) is 48.5 Å². The van der Waals surface area contributed by atoms with Crippen LogP contribution in [0.4, 0.5) is 27.9 Å². The zero-order valence-electron chi connectivity index (χ0n) is 18.0. The Hall–Kier alpha value is -4.29. The van der Waals surface area contributed by atoms with Gasteiger partial charge in [0.1, 0.15) is 11.6 Å². The van der Waals surface area contributed by atoms with Gasteiger partial charge in [-0.2, -0.15) is 28.1 Å². The van der Waals surface area contributed by atoms with E-state index < -0.39 is 12.1 Å². The molecule has 3 N–H and O–H groups in total. The lowest BCUT2D eigenvalue weighted by molar-refractivity contribution is -0.192. The van der Waals surface area contributed by atoms with E-state index in [-0.39, 0.29) is 17.6 Å². The van der Waals surface area contributed by atoms with E-state index in [9.17, 15) is 22.0 Å². The Bertz CT molecular complexity index is 1310. The van der Waals surface area contributed by atoms with E-state index in [1.165, 1.54) is 31.4 Å². The van der Waals surface area contributed by atoms with Crippen molar-refractivity contribution in [2.24, 2.45) is 0 Å². The number of alkyl halides is 3. The Morgan fingerprint density at radius 1 is 1.03 bits per heavy atom. The van der Waals surface area contributed by atoms with E-state index in [0.717, 1.165) is 16.5 Å². The maximum atomic E-state index is 13.4. The number of ether oxygens (including phenoxy) is 1. The van der Waals surface area contributed by atoms with E-state index in [1.807, 2.05) is 0 Å². The summed E-state index contributed by atoms with van der Waals surface area (Å²) in [6, 6.07) is 12.8. The fourth-order valence-electron chi connectivity index (χ4n) is 2.84.